The third kappa shape index (κ3) is 2.51. The van der Waals surface area contributed by atoms with Gasteiger partial charge in [0.1, 0.15) is 0 Å². The molecule has 20 heavy (non-hydrogen) atoms. The van der Waals surface area contributed by atoms with E-state index in [2.05, 4.69) is 56.0 Å². The maximum absolute atomic E-state index is 5.72. The smallest absolute Gasteiger partial charge is 0.0661 e. The van der Waals surface area contributed by atoms with Crippen molar-refractivity contribution in [3.63, 3.8) is 0 Å². The van der Waals surface area contributed by atoms with Gasteiger partial charge >= 0.3 is 0 Å². The maximum atomic E-state index is 5.72. The molecule has 0 spiro atoms. The predicted octanol–water partition coefficient (Wildman–Crippen LogP) is 4.04. The first-order valence-electron chi connectivity index (χ1n) is 7.05. The molecule has 0 amide bonds. The molecule has 1 heterocycles. The lowest BCUT2D eigenvalue weighted by atomic mass is 9.83. The van der Waals surface area contributed by atoms with E-state index >= 15 is 0 Å². The van der Waals surface area contributed by atoms with E-state index in [-0.39, 0.29) is 5.41 Å². The molecule has 104 valence electrons. The van der Waals surface area contributed by atoms with Crippen molar-refractivity contribution in [1.82, 2.24) is 4.90 Å². The van der Waals surface area contributed by atoms with Crippen LogP contribution in [0.4, 0.5) is 0 Å². The maximum Gasteiger partial charge on any atom is 0.0661 e. The van der Waals surface area contributed by atoms with Crippen molar-refractivity contribution in [2.24, 2.45) is 5.41 Å². The van der Waals surface area contributed by atoms with Gasteiger partial charge in [-0.2, -0.15) is 0 Å². The van der Waals surface area contributed by atoms with Crippen molar-refractivity contribution in [3.05, 3.63) is 53.6 Å². The van der Waals surface area contributed by atoms with Crippen molar-refractivity contribution in [1.29, 1.82) is 0 Å². The van der Waals surface area contributed by atoms with Gasteiger partial charge in [0.2, 0.25) is 0 Å². The molecule has 1 atom stereocenters. The summed E-state index contributed by atoms with van der Waals surface area (Å²) in [6, 6.07) is 6.58. The van der Waals surface area contributed by atoms with E-state index in [0.29, 0.717) is 0 Å². The van der Waals surface area contributed by atoms with E-state index in [1.165, 1.54) is 16.7 Å². The van der Waals surface area contributed by atoms with Gasteiger partial charge < -0.3 is 4.90 Å². The third-order valence-corrected chi connectivity index (χ3v) is 4.37. The second-order valence-corrected chi connectivity index (χ2v) is 6.04. The minimum Gasteiger partial charge on any atom is -0.369 e. The number of nitrogens with zero attached hydrogens (tertiary/aromatic N) is 1. The van der Waals surface area contributed by atoms with Crippen LogP contribution >= 0.6 is 0 Å². The summed E-state index contributed by atoms with van der Waals surface area (Å²) in [5.41, 5.74) is 5.76. The molecule has 2 rings (SSSR count). The van der Waals surface area contributed by atoms with Crippen LogP contribution < -0.4 is 0 Å². The Morgan fingerprint density at radius 1 is 1.50 bits per heavy atom. The average Bonchev–Trinajstić information content (AvgIpc) is 2.41. The summed E-state index contributed by atoms with van der Waals surface area (Å²) in [6.45, 7) is 16.3. The van der Waals surface area contributed by atoms with Gasteiger partial charge in [-0.1, -0.05) is 48.4 Å². The molecule has 1 aliphatic heterocycles. The summed E-state index contributed by atoms with van der Waals surface area (Å²) in [5, 5.41) is 0. The molecule has 0 aliphatic carbocycles. The lowest BCUT2D eigenvalue weighted by molar-refractivity contribution is 0.311. The Kier molecular flexibility index (Phi) is 3.77. The Hall–Kier alpha value is -1.94. The van der Waals surface area contributed by atoms with Gasteiger partial charge in [-0.25, -0.2) is 0 Å². The molecule has 0 saturated heterocycles. The predicted molar refractivity (Wildman–Crippen MR) is 87.2 cm³/mol. The van der Waals surface area contributed by atoms with Crippen LogP contribution in [-0.2, 0) is 6.42 Å². The Morgan fingerprint density at radius 2 is 2.20 bits per heavy atom. The normalized spacial score (nSPS) is 17.1. The Bertz CT molecular complexity index is 603. The summed E-state index contributed by atoms with van der Waals surface area (Å²) in [7, 11) is 0. The van der Waals surface area contributed by atoms with Gasteiger partial charge in [0.25, 0.3) is 0 Å². The van der Waals surface area contributed by atoms with Gasteiger partial charge in [0, 0.05) is 24.4 Å². The molecule has 0 N–H and O–H groups in total. The zero-order valence-electron chi connectivity index (χ0n) is 12.8. The van der Waals surface area contributed by atoms with E-state index < -0.39 is 0 Å². The average molecular weight is 265 g/mol. The highest BCUT2D eigenvalue weighted by molar-refractivity contribution is 5.67. The Balaban J connectivity index is 2.26. The summed E-state index contributed by atoms with van der Waals surface area (Å²) in [6.07, 6.45) is 6.77. The molecule has 1 aromatic carbocycles. The van der Waals surface area contributed by atoms with Crippen molar-refractivity contribution >= 4 is 5.70 Å². The number of hydrogen-bond acceptors (Lipinski definition) is 1. The number of terminal acetylenes is 1. The molecule has 0 fully saturated rings. The molecule has 0 radical (unpaired) electrons. The van der Waals surface area contributed by atoms with E-state index in [0.717, 1.165) is 30.8 Å². The molecule has 1 nitrogen and oxygen atoms in total. The highest BCUT2D eigenvalue weighted by Gasteiger charge is 2.29. The standard InChI is InChI=1S/C19H23N/c1-7-19(6,14(2)3)13-20-11-10-17-12-15(4)8-9-18(17)16(20)5/h1,8-9,12H,2,5,10-11,13H2,3-4,6H3. The number of aryl methyl sites for hydroxylation is 1. The number of benzene rings is 1. The Morgan fingerprint density at radius 3 is 2.80 bits per heavy atom. The van der Waals surface area contributed by atoms with Crippen molar-refractivity contribution in [2.45, 2.75) is 27.2 Å². The van der Waals surface area contributed by atoms with E-state index in [1.54, 1.807) is 0 Å². The fourth-order valence-corrected chi connectivity index (χ4v) is 2.63. The third-order valence-electron chi connectivity index (χ3n) is 4.37. The molecule has 1 heteroatoms. The van der Waals surface area contributed by atoms with Crippen LogP contribution in [0.25, 0.3) is 5.70 Å². The highest BCUT2D eigenvalue weighted by atomic mass is 15.1. The largest absolute Gasteiger partial charge is 0.369 e. The van der Waals surface area contributed by atoms with Gasteiger partial charge in [0.15, 0.2) is 0 Å². The van der Waals surface area contributed by atoms with Gasteiger partial charge in [-0.15, -0.1) is 6.42 Å². The van der Waals surface area contributed by atoms with Crippen LogP contribution in [0.5, 0.6) is 0 Å². The topological polar surface area (TPSA) is 3.24 Å². The zero-order chi connectivity index (χ0) is 14.9. The molecule has 0 saturated carbocycles. The molecule has 1 aromatic rings. The molecule has 1 unspecified atom stereocenters. The first kappa shape index (κ1) is 14.5. The second-order valence-electron chi connectivity index (χ2n) is 6.04. The molecule has 0 aromatic heterocycles. The second kappa shape index (κ2) is 5.21. The van der Waals surface area contributed by atoms with Crippen LogP contribution in [0.15, 0.2) is 36.9 Å². The summed E-state index contributed by atoms with van der Waals surface area (Å²) in [4.78, 5) is 2.30. The first-order chi connectivity index (χ1) is 9.37. The fourth-order valence-electron chi connectivity index (χ4n) is 2.63. The summed E-state index contributed by atoms with van der Waals surface area (Å²) >= 11 is 0. The van der Waals surface area contributed by atoms with Crippen molar-refractivity contribution in [2.75, 3.05) is 13.1 Å². The van der Waals surface area contributed by atoms with Gasteiger partial charge in [-0.05, 0) is 32.8 Å². The molecular formula is C19H23N. The highest BCUT2D eigenvalue weighted by Crippen LogP contribution is 2.33. The zero-order valence-corrected chi connectivity index (χ0v) is 12.8. The van der Waals surface area contributed by atoms with Gasteiger partial charge in [0.05, 0.1) is 5.41 Å². The van der Waals surface area contributed by atoms with Crippen LogP contribution in [0.3, 0.4) is 0 Å². The monoisotopic (exact) mass is 265 g/mol. The van der Waals surface area contributed by atoms with Crippen molar-refractivity contribution < 1.29 is 0 Å². The quantitative estimate of drug-likeness (QED) is 0.589. The minimum atomic E-state index is -0.300. The van der Waals surface area contributed by atoms with E-state index in [1.807, 2.05) is 6.92 Å². The SMILES string of the molecule is C#CC(C)(CN1CCc2cc(C)ccc2C1=C)C(=C)C. The van der Waals surface area contributed by atoms with Crippen LogP contribution in [0.1, 0.15) is 30.5 Å². The minimum absolute atomic E-state index is 0.300. The lowest BCUT2D eigenvalue weighted by Gasteiger charge is -2.38. The lowest BCUT2D eigenvalue weighted by Crippen LogP contribution is -2.38. The van der Waals surface area contributed by atoms with Crippen LogP contribution in [0, 0.1) is 24.7 Å². The number of hydrogen-bond donors (Lipinski definition) is 0. The number of rotatable bonds is 3. The van der Waals surface area contributed by atoms with Gasteiger partial charge in [-0.3, -0.25) is 0 Å². The van der Waals surface area contributed by atoms with Crippen molar-refractivity contribution in [3.8, 4) is 12.3 Å². The fraction of sp³-hybridized carbons (Fsp3) is 0.368. The van der Waals surface area contributed by atoms with E-state index in [9.17, 15) is 0 Å². The molecular weight excluding hydrogens is 242 g/mol. The number of fused-ring (bicyclic) bond motifs is 1. The molecule has 0 bridgehead atoms. The van der Waals surface area contributed by atoms with E-state index in [4.69, 9.17) is 6.42 Å². The van der Waals surface area contributed by atoms with Crippen LogP contribution in [-0.4, -0.2) is 18.0 Å². The summed E-state index contributed by atoms with van der Waals surface area (Å²) in [5.74, 6) is 2.90. The van der Waals surface area contributed by atoms with Crippen LogP contribution in [0.2, 0.25) is 0 Å². The first-order valence-corrected chi connectivity index (χ1v) is 7.05. The summed E-state index contributed by atoms with van der Waals surface area (Å²) < 4.78 is 0. The molecule has 1 aliphatic rings. The Labute approximate surface area is 123 Å².